The Morgan fingerprint density at radius 3 is 2.48 bits per heavy atom. The number of hydrogen-bond acceptors (Lipinski definition) is 4. The molecule has 3 rings (SSSR count). The van der Waals surface area contributed by atoms with Crippen LogP contribution in [0, 0.1) is 11.6 Å². The Hall–Kier alpha value is -2.51. The molecule has 1 heterocycles. The number of rotatable bonds is 4. The highest BCUT2D eigenvalue weighted by Gasteiger charge is 2.16. The van der Waals surface area contributed by atoms with Gasteiger partial charge in [-0.05, 0) is 30.7 Å². The summed E-state index contributed by atoms with van der Waals surface area (Å²) in [6.07, 6.45) is 0.546. The molecule has 0 radical (unpaired) electrons. The van der Waals surface area contributed by atoms with Crippen molar-refractivity contribution in [1.29, 1.82) is 0 Å². The van der Waals surface area contributed by atoms with Gasteiger partial charge in [0.05, 0.1) is 22.6 Å². The van der Waals surface area contributed by atoms with Crippen LogP contribution in [0.15, 0.2) is 47.3 Å². The van der Waals surface area contributed by atoms with Gasteiger partial charge in [-0.15, -0.1) is 12.4 Å². The summed E-state index contributed by atoms with van der Waals surface area (Å²) in [7, 11) is 0. The van der Waals surface area contributed by atoms with Gasteiger partial charge in [0.1, 0.15) is 17.5 Å². The molecular formula is C17H17ClF2N4O. The molecule has 5 nitrogen and oxygen atoms in total. The Morgan fingerprint density at radius 1 is 1.20 bits per heavy atom. The lowest BCUT2D eigenvalue weighted by Crippen LogP contribution is -2.34. The minimum Gasteiger partial charge on any atom is -0.321 e. The second-order valence-electron chi connectivity index (χ2n) is 5.41. The first-order valence-corrected chi connectivity index (χ1v) is 7.50. The maximum absolute atomic E-state index is 13.4. The fourth-order valence-corrected chi connectivity index (χ4v) is 2.44. The van der Waals surface area contributed by atoms with Crippen molar-refractivity contribution < 1.29 is 8.78 Å². The highest BCUT2D eigenvalue weighted by atomic mass is 35.5. The van der Waals surface area contributed by atoms with E-state index in [1.807, 2.05) is 6.92 Å². The molecule has 0 aliphatic carbocycles. The fraction of sp³-hybridized carbons (Fsp3) is 0.176. The van der Waals surface area contributed by atoms with Crippen molar-refractivity contribution in [3.63, 3.8) is 0 Å². The molecule has 25 heavy (non-hydrogen) atoms. The molecule has 0 spiro atoms. The third-order valence-electron chi connectivity index (χ3n) is 3.68. The van der Waals surface area contributed by atoms with Crippen molar-refractivity contribution in [2.45, 2.75) is 19.4 Å². The van der Waals surface area contributed by atoms with E-state index in [1.165, 1.54) is 0 Å². The van der Waals surface area contributed by atoms with E-state index < -0.39 is 17.7 Å². The average molecular weight is 367 g/mol. The lowest BCUT2D eigenvalue weighted by molar-refractivity contribution is 0.581. The van der Waals surface area contributed by atoms with E-state index >= 15 is 0 Å². The smallest absolute Gasteiger partial charge is 0.280 e. The molecule has 0 fully saturated rings. The Labute approximate surface area is 148 Å². The molecule has 0 aliphatic heterocycles. The van der Waals surface area contributed by atoms with Crippen LogP contribution in [-0.4, -0.2) is 9.66 Å². The molecule has 3 aromatic rings. The third kappa shape index (κ3) is 3.78. The molecule has 132 valence electrons. The first kappa shape index (κ1) is 18.8. The third-order valence-corrected chi connectivity index (χ3v) is 3.68. The molecule has 0 unspecified atom stereocenters. The quantitative estimate of drug-likeness (QED) is 0.742. The van der Waals surface area contributed by atoms with Crippen molar-refractivity contribution in [2.24, 2.45) is 5.73 Å². The molecule has 0 amide bonds. The predicted octanol–water partition coefficient (Wildman–Crippen LogP) is 3.38. The zero-order valence-electron chi connectivity index (χ0n) is 13.4. The molecule has 0 saturated carbocycles. The Balaban J connectivity index is 0.00000225. The van der Waals surface area contributed by atoms with E-state index in [2.05, 4.69) is 10.4 Å². The van der Waals surface area contributed by atoms with Crippen LogP contribution in [0.3, 0.4) is 0 Å². The van der Waals surface area contributed by atoms with Crippen LogP contribution >= 0.6 is 12.4 Å². The second kappa shape index (κ2) is 7.58. The predicted molar refractivity (Wildman–Crippen MR) is 95.8 cm³/mol. The van der Waals surface area contributed by atoms with Gasteiger partial charge in [0.2, 0.25) is 0 Å². The van der Waals surface area contributed by atoms with E-state index in [4.69, 9.17) is 5.73 Å². The summed E-state index contributed by atoms with van der Waals surface area (Å²) in [6, 6.07) is 9.27. The highest BCUT2D eigenvalue weighted by molar-refractivity contribution is 5.85. The van der Waals surface area contributed by atoms with Crippen molar-refractivity contribution >= 4 is 29.0 Å². The number of benzene rings is 2. The van der Waals surface area contributed by atoms with Gasteiger partial charge in [0.25, 0.3) is 5.56 Å². The summed E-state index contributed by atoms with van der Waals surface area (Å²) in [4.78, 5) is 17.2. The van der Waals surface area contributed by atoms with Gasteiger partial charge in [-0.25, -0.2) is 18.4 Å². The van der Waals surface area contributed by atoms with Crippen molar-refractivity contribution in [3.05, 3.63) is 70.3 Å². The normalized spacial score (nSPS) is 11.8. The van der Waals surface area contributed by atoms with Crippen LogP contribution in [0.2, 0.25) is 0 Å². The summed E-state index contributed by atoms with van der Waals surface area (Å²) in [6.45, 7) is 1.86. The van der Waals surface area contributed by atoms with Crippen LogP contribution in [-0.2, 0) is 0 Å². The minimum atomic E-state index is -0.749. The number of fused-ring (bicyclic) bond motifs is 1. The second-order valence-corrected chi connectivity index (χ2v) is 5.41. The average Bonchev–Trinajstić information content (AvgIpc) is 2.55. The van der Waals surface area contributed by atoms with E-state index in [0.29, 0.717) is 23.1 Å². The first-order chi connectivity index (χ1) is 11.5. The fourth-order valence-electron chi connectivity index (χ4n) is 2.44. The summed E-state index contributed by atoms with van der Waals surface area (Å²) in [5.41, 5.74) is 9.00. The number of aromatic nitrogens is 2. The maximum atomic E-state index is 13.4. The molecule has 0 saturated heterocycles. The van der Waals surface area contributed by atoms with Crippen LogP contribution in [0.5, 0.6) is 0 Å². The topological polar surface area (TPSA) is 72.9 Å². The van der Waals surface area contributed by atoms with Crippen molar-refractivity contribution in [2.75, 3.05) is 5.43 Å². The van der Waals surface area contributed by atoms with Gasteiger partial charge in [-0.3, -0.25) is 10.2 Å². The van der Waals surface area contributed by atoms with Gasteiger partial charge >= 0.3 is 0 Å². The molecule has 0 bridgehead atoms. The van der Waals surface area contributed by atoms with Gasteiger partial charge in [0, 0.05) is 6.07 Å². The number of halogens is 3. The number of para-hydroxylation sites is 1. The summed E-state index contributed by atoms with van der Waals surface area (Å²) < 4.78 is 27.9. The van der Waals surface area contributed by atoms with Crippen LogP contribution < -0.4 is 16.7 Å². The van der Waals surface area contributed by atoms with Gasteiger partial charge in [0.15, 0.2) is 0 Å². The van der Waals surface area contributed by atoms with E-state index in [1.54, 1.807) is 24.3 Å². The van der Waals surface area contributed by atoms with E-state index in [-0.39, 0.29) is 23.7 Å². The van der Waals surface area contributed by atoms with Crippen LogP contribution in [0.1, 0.15) is 25.2 Å². The number of nitrogens with two attached hydrogens (primary N) is 1. The van der Waals surface area contributed by atoms with Crippen LogP contribution in [0.4, 0.5) is 14.5 Å². The number of hydrogen-bond donors (Lipinski definition) is 2. The number of nitrogens with zero attached hydrogens (tertiary/aromatic N) is 2. The van der Waals surface area contributed by atoms with Gasteiger partial charge < -0.3 is 5.73 Å². The van der Waals surface area contributed by atoms with Crippen molar-refractivity contribution in [3.8, 4) is 0 Å². The minimum absolute atomic E-state index is 0. The van der Waals surface area contributed by atoms with Crippen LogP contribution in [0.25, 0.3) is 10.9 Å². The van der Waals surface area contributed by atoms with Gasteiger partial charge in [-0.1, -0.05) is 19.1 Å². The number of anilines is 1. The maximum Gasteiger partial charge on any atom is 0.280 e. The lowest BCUT2D eigenvalue weighted by atomic mass is 10.2. The molecule has 3 N–H and O–H groups in total. The van der Waals surface area contributed by atoms with Gasteiger partial charge in [-0.2, -0.15) is 0 Å². The first-order valence-electron chi connectivity index (χ1n) is 7.50. The zero-order chi connectivity index (χ0) is 17.3. The lowest BCUT2D eigenvalue weighted by Gasteiger charge is -2.18. The summed E-state index contributed by atoms with van der Waals surface area (Å²) >= 11 is 0. The Morgan fingerprint density at radius 2 is 1.84 bits per heavy atom. The standard InChI is InChI=1S/C17H16F2N4O.ClH/c1-2-14(20)16-21-15-6-4-3-5-13(15)17(24)23(16)22-12-8-10(18)7-11(19)9-12;/h3-9,14,22H,2,20H2,1H3;1H/t14-;/m0./s1. The largest absolute Gasteiger partial charge is 0.321 e. The van der Waals surface area contributed by atoms with E-state index in [9.17, 15) is 13.6 Å². The Kier molecular flexibility index (Phi) is 5.71. The number of nitrogens with one attached hydrogen (secondary N) is 1. The molecule has 2 aromatic carbocycles. The zero-order valence-corrected chi connectivity index (χ0v) is 14.2. The molecule has 8 heteroatoms. The molecule has 0 aliphatic rings. The summed E-state index contributed by atoms with van der Waals surface area (Å²) in [5, 5.41) is 0.383. The monoisotopic (exact) mass is 366 g/mol. The molecule has 1 atom stereocenters. The van der Waals surface area contributed by atoms with Crippen molar-refractivity contribution in [1.82, 2.24) is 9.66 Å². The SMILES string of the molecule is CC[C@H](N)c1nc2ccccc2c(=O)n1Nc1cc(F)cc(F)c1.Cl. The van der Waals surface area contributed by atoms with E-state index in [0.717, 1.165) is 22.9 Å². The molecular weight excluding hydrogens is 350 g/mol. The highest BCUT2D eigenvalue weighted by Crippen LogP contribution is 2.17. The molecule has 1 aromatic heterocycles. The Bertz CT molecular complexity index is 941. The summed E-state index contributed by atoms with van der Waals surface area (Å²) in [5.74, 6) is -1.20.